The molecule has 0 bridgehead atoms. The topological polar surface area (TPSA) is 88.3 Å². The molecule has 0 aliphatic rings. The summed E-state index contributed by atoms with van der Waals surface area (Å²) in [6, 6.07) is 2.95. The van der Waals surface area contributed by atoms with Crippen LogP contribution in [0.2, 0.25) is 0 Å². The Labute approximate surface area is 110 Å². The van der Waals surface area contributed by atoms with E-state index in [1.54, 1.807) is 31.7 Å². The van der Waals surface area contributed by atoms with Crippen molar-refractivity contribution in [3.05, 3.63) is 27.9 Å². The molecular weight excluding hydrogens is 254 g/mol. The van der Waals surface area contributed by atoms with E-state index in [1.165, 1.54) is 6.07 Å². The van der Waals surface area contributed by atoms with Gasteiger partial charge in [0.2, 0.25) is 0 Å². The van der Waals surface area contributed by atoms with Gasteiger partial charge in [0.25, 0.3) is 5.69 Å². The first-order valence-corrected chi connectivity index (χ1v) is 6.82. The zero-order valence-electron chi connectivity index (χ0n) is 10.6. The number of hydrogen-bond donors (Lipinski definition) is 2. The summed E-state index contributed by atoms with van der Waals surface area (Å²) in [5, 5.41) is 23.6. The zero-order chi connectivity index (χ0) is 13.8. The minimum absolute atomic E-state index is 0.00331. The third-order valence-electron chi connectivity index (χ3n) is 2.36. The molecule has 0 aliphatic heterocycles. The van der Waals surface area contributed by atoms with Crippen molar-refractivity contribution in [3.63, 3.8) is 0 Å². The molecule has 0 saturated heterocycles. The van der Waals surface area contributed by atoms with Crippen molar-refractivity contribution in [1.29, 1.82) is 0 Å². The molecule has 1 aromatic rings. The highest BCUT2D eigenvalue weighted by Gasteiger charge is 2.20. The van der Waals surface area contributed by atoms with Gasteiger partial charge < -0.3 is 10.4 Å². The van der Waals surface area contributed by atoms with Crippen LogP contribution in [0, 0.1) is 17.0 Å². The normalized spacial score (nSPS) is 14.0. The van der Waals surface area contributed by atoms with Gasteiger partial charge in [-0.1, -0.05) is 0 Å². The van der Waals surface area contributed by atoms with Gasteiger partial charge in [-0.3, -0.25) is 10.1 Å². The van der Waals surface area contributed by atoms with Crippen molar-refractivity contribution in [2.75, 3.05) is 23.9 Å². The average Bonchev–Trinajstić information content (AvgIpc) is 2.26. The maximum atomic E-state index is 10.6. The third kappa shape index (κ3) is 4.15. The molecule has 0 amide bonds. The fraction of sp³-hybridized carbons (Fsp3) is 0.545. The molecule has 0 fully saturated rings. The lowest BCUT2D eigenvalue weighted by molar-refractivity contribution is -0.385. The van der Waals surface area contributed by atoms with Gasteiger partial charge in [0, 0.05) is 18.4 Å². The van der Waals surface area contributed by atoms with Crippen LogP contribution in [0.1, 0.15) is 12.6 Å². The predicted octanol–water partition coefficient (Wildman–Crippen LogP) is 1.82. The van der Waals surface area contributed by atoms with Crippen molar-refractivity contribution in [1.82, 2.24) is 4.98 Å². The summed E-state index contributed by atoms with van der Waals surface area (Å²) in [7, 11) is 0. The molecule has 1 rings (SSSR count). The fourth-order valence-corrected chi connectivity index (χ4v) is 2.21. The summed E-state index contributed by atoms with van der Waals surface area (Å²) >= 11 is 1.55. The molecule has 0 spiro atoms. The van der Waals surface area contributed by atoms with Crippen LogP contribution in [0.15, 0.2) is 12.1 Å². The molecule has 0 saturated carbocycles. The Balaban J connectivity index is 2.70. The number of pyridine rings is 1. The second-order valence-corrected chi connectivity index (χ2v) is 5.21. The van der Waals surface area contributed by atoms with Crippen LogP contribution in [-0.4, -0.2) is 39.2 Å². The SMILES string of the molecule is CSCC(C)(O)CNc1ccc([N+](=O)[O-])c(C)n1. The van der Waals surface area contributed by atoms with E-state index in [9.17, 15) is 15.2 Å². The summed E-state index contributed by atoms with van der Waals surface area (Å²) in [6.07, 6.45) is 1.92. The summed E-state index contributed by atoms with van der Waals surface area (Å²) in [4.78, 5) is 14.3. The molecule has 1 heterocycles. The van der Waals surface area contributed by atoms with Gasteiger partial charge in [-0.05, 0) is 26.2 Å². The molecule has 1 aromatic heterocycles. The van der Waals surface area contributed by atoms with Crippen molar-refractivity contribution in [3.8, 4) is 0 Å². The van der Waals surface area contributed by atoms with Gasteiger partial charge in [-0.25, -0.2) is 4.98 Å². The van der Waals surface area contributed by atoms with Gasteiger partial charge in [-0.15, -0.1) is 0 Å². The quantitative estimate of drug-likeness (QED) is 0.606. The standard InChI is InChI=1S/C11H17N3O3S/c1-8-9(14(16)17)4-5-10(13-8)12-6-11(2,15)7-18-3/h4-5,15H,6-7H2,1-3H3,(H,12,13). The van der Waals surface area contributed by atoms with Gasteiger partial charge in [0.15, 0.2) is 0 Å². The van der Waals surface area contributed by atoms with E-state index < -0.39 is 10.5 Å². The lowest BCUT2D eigenvalue weighted by Gasteiger charge is -2.22. The lowest BCUT2D eigenvalue weighted by Crippen LogP contribution is -2.36. The Morgan fingerprint density at radius 2 is 2.28 bits per heavy atom. The molecule has 1 atom stereocenters. The maximum Gasteiger partial charge on any atom is 0.290 e. The van der Waals surface area contributed by atoms with E-state index in [-0.39, 0.29) is 5.69 Å². The van der Waals surface area contributed by atoms with Gasteiger partial charge in [0.1, 0.15) is 11.5 Å². The largest absolute Gasteiger partial charge is 0.387 e. The summed E-state index contributed by atoms with van der Waals surface area (Å²) < 4.78 is 0. The molecule has 1 unspecified atom stereocenters. The van der Waals surface area contributed by atoms with E-state index in [2.05, 4.69) is 10.3 Å². The Kier molecular flexibility index (Phi) is 4.92. The second-order valence-electron chi connectivity index (χ2n) is 4.34. The minimum Gasteiger partial charge on any atom is -0.387 e. The number of thioether (sulfide) groups is 1. The first-order valence-electron chi connectivity index (χ1n) is 5.43. The summed E-state index contributed by atoms with van der Waals surface area (Å²) in [5.41, 5.74) is -0.484. The van der Waals surface area contributed by atoms with Crippen LogP contribution >= 0.6 is 11.8 Å². The van der Waals surface area contributed by atoms with E-state index in [0.29, 0.717) is 23.8 Å². The van der Waals surface area contributed by atoms with Gasteiger partial charge in [0.05, 0.1) is 10.5 Å². The fourth-order valence-electron chi connectivity index (χ4n) is 1.49. The molecule has 7 heteroatoms. The number of aryl methyl sites for hydroxylation is 1. The predicted molar refractivity (Wildman–Crippen MR) is 73.1 cm³/mol. The zero-order valence-corrected chi connectivity index (χ0v) is 11.5. The lowest BCUT2D eigenvalue weighted by atomic mass is 10.1. The number of rotatable bonds is 6. The Morgan fingerprint density at radius 1 is 1.61 bits per heavy atom. The Bertz CT molecular complexity index is 438. The number of aliphatic hydroxyl groups is 1. The number of nitrogens with one attached hydrogen (secondary N) is 1. The van der Waals surface area contributed by atoms with Crippen LogP contribution in [-0.2, 0) is 0 Å². The monoisotopic (exact) mass is 271 g/mol. The third-order valence-corrected chi connectivity index (χ3v) is 3.27. The van der Waals surface area contributed by atoms with Gasteiger partial charge >= 0.3 is 0 Å². The molecule has 0 aromatic carbocycles. The van der Waals surface area contributed by atoms with Crippen LogP contribution in [0.4, 0.5) is 11.5 Å². The molecule has 0 aliphatic carbocycles. The van der Waals surface area contributed by atoms with E-state index in [4.69, 9.17) is 0 Å². The highest BCUT2D eigenvalue weighted by molar-refractivity contribution is 7.98. The number of hydrogen-bond acceptors (Lipinski definition) is 6. The van der Waals surface area contributed by atoms with Crippen molar-refractivity contribution in [2.24, 2.45) is 0 Å². The highest BCUT2D eigenvalue weighted by atomic mass is 32.2. The molecule has 18 heavy (non-hydrogen) atoms. The summed E-state index contributed by atoms with van der Waals surface area (Å²) in [5.74, 6) is 1.13. The molecule has 6 nitrogen and oxygen atoms in total. The molecule has 0 radical (unpaired) electrons. The highest BCUT2D eigenvalue weighted by Crippen LogP contribution is 2.18. The summed E-state index contributed by atoms with van der Waals surface area (Å²) in [6.45, 7) is 3.66. The second kappa shape index (κ2) is 6.01. The van der Waals surface area contributed by atoms with E-state index in [1.807, 2.05) is 6.26 Å². The maximum absolute atomic E-state index is 10.6. The Hall–Kier alpha value is -1.34. The van der Waals surface area contributed by atoms with Gasteiger partial charge in [-0.2, -0.15) is 11.8 Å². The molecular formula is C11H17N3O3S. The van der Waals surface area contributed by atoms with E-state index in [0.717, 1.165) is 0 Å². The molecule has 2 N–H and O–H groups in total. The number of nitro groups is 1. The first kappa shape index (κ1) is 14.7. The van der Waals surface area contributed by atoms with Crippen LogP contribution in [0.5, 0.6) is 0 Å². The first-order chi connectivity index (χ1) is 8.35. The number of aromatic nitrogens is 1. The van der Waals surface area contributed by atoms with Crippen LogP contribution in [0.3, 0.4) is 0 Å². The van der Waals surface area contributed by atoms with Crippen LogP contribution < -0.4 is 5.32 Å². The average molecular weight is 271 g/mol. The minimum atomic E-state index is -0.837. The number of anilines is 1. The van der Waals surface area contributed by atoms with Crippen molar-refractivity contribution in [2.45, 2.75) is 19.4 Å². The molecule has 100 valence electrons. The van der Waals surface area contributed by atoms with Crippen molar-refractivity contribution >= 4 is 23.3 Å². The van der Waals surface area contributed by atoms with Crippen LogP contribution in [0.25, 0.3) is 0 Å². The van der Waals surface area contributed by atoms with E-state index >= 15 is 0 Å². The Morgan fingerprint density at radius 3 is 2.78 bits per heavy atom. The number of nitrogens with zero attached hydrogens (tertiary/aromatic N) is 2. The smallest absolute Gasteiger partial charge is 0.290 e. The van der Waals surface area contributed by atoms with Crippen molar-refractivity contribution < 1.29 is 10.0 Å².